The van der Waals surface area contributed by atoms with Gasteiger partial charge in [0.1, 0.15) is 0 Å². The van der Waals surface area contributed by atoms with Crippen LogP contribution in [0, 0.1) is 13.8 Å². The fourth-order valence-electron chi connectivity index (χ4n) is 3.33. The number of carbonyl (C=O) groups excluding carboxylic acids is 2. The van der Waals surface area contributed by atoms with E-state index in [2.05, 4.69) is 19.9 Å². The van der Waals surface area contributed by atoms with Crippen LogP contribution in [0.1, 0.15) is 43.0 Å². The second-order valence-electron chi connectivity index (χ2n) is 6.21. The average Bonchev–Trinajstić information content (AvgIpc) is 2.61. The van der Waals surface area contributed by atoms with Gasteiger partial charge in [-0.3, -0.25) is 9.59 Å². The number of fused-ring (bicyclic) bond motifs is 2. The summed E-state index contributed by atoms with van der Waals surface area (Å²) in [6, 6.07) is 18.7. The largest absolute Gasteiger partial charge is 0.289 e. The lowest BCUT2D eigenvalue weighted by Crippen LogP contribution is -2.20. The molecule has 0 bridgehead atoms. The van der Waals surface area contributed by atoms with E-state index in [-0.39, 0.29) is 11.6 Å². The highest BCUT2D eigenvalue weighted by Gasteiger charge is 2.29. The van der Waals surface area contributed by atoms with Gasteiger partial charge < -0.3 is 0 Å². The van der Waals surface area contributed by atoms with E-state index in [4.69, 9.17) is 0 Å². The first-order chi connectivity index (χ1) is 11.6. The molecule has 0 heterocycles. The van der Waals surface area contributed by atoms with Gasteiger partial charge in [0, 0.05) is 22.3 Å². The number of carbonyl (C=O) groups is 2. The van der Waals surface area contributed by atoms with Crippen LogP contribution in [0.3, 0.4) is 0 Å². The molecule has 0 fully saturated rings. The summed E-state index contributed by atoms with van der Waals surface area (Å²) in [6.45, 7) is 4.15. The van der Waals surface area contributed by atoms with Gasteiger partial charge >= 0.3 is 0 Å². The molecule has 0 atom stereocenters. The monoisotopic (exact) mass is 312 g/mol. The summed E-state index contributed by atoms with van der Waals surface area (Å²) in [4.78, 5) is 25.5. The Morgan fingerprint density at radius 2 is 1.17 bits per heavy atom. The maximum absolute atomic E-state index is 12.8. The molecule has 0 amide bonds. The number of aryl methyl sites for hydroxylation is 1. The predicted octanol–water partition coefficient (Wildman–Crippen LogP) is 4.75. The zero-order chi connectivity index (χ0) is 16.8. The molecule has 2 nitrogen and oxygen atoms in total. The Morgan fingerprint density at radius 1 is 0.583 bits per heavy atom. The maximum atomic E-state index is 12.8. The number of benzene rings is 3. The molecule has 0 saturated heterocycles. The van der Waals surface area contributed by atoms with E-state index >= 15 is 0 Å². The highest BCUT2D eigenvalue weighted by atomic mass is 16.1. The predicted molar refractivity (Wildman–Crippen MR) is 94.7 cm³/mol. The minimum absolute atomic E-state index is 0.0762. The second kappa shape index (κ2) is 5.27. The van der Waals surface area contributed by atoms with Crippen LogP contribution in [0.15, 0.2) is 60.7 Å². The van der Waals surface area contributed by atoms with Crippen molar-refractivity contribution in [2.45, 2.75) is 13.8 Å². The molecule has 24 heavy (non-hydrogen) atoms. The summed E-state index contributed by atoms with van der Waals surface area (Å²) in [5.74, 6) is -0.153. The summed E-state index contributed by atoms with van der Waals surface area (Å²) in [5, 5.41) is 0. The normalized spacial score (nSPS) is 12.8. The molecule has 3 aromatic carbocycles. The molecule has 2 heteroatoms. The van der Waals surface area contributed by atoms with Gasteiger partial charge in [-0.05, 0) is 48.2 Å². The van der Waals surface area contributed by atoms with Crippen molar-refractivity contribution in [3.63, 3.8) is 0 Å². The first-order valence-electron chi connectivity index (χ1n) is 7.97. The van der Waals surface area contributed by atoms with Crippen molar-refractivity contribution in [1.29, 1.82) is 0 Å². The smallest absolute Gasteiger partial charge is 0.194 e. The Bertz CT molecular complexity index is 1010. The Morgan fingerprint density at radius 3 is 1.88 bits per heavy atom. The van der Waals surface area contributed by atoms with Crippen LogP contribution in [0.2, 0.25) is 0 Å². The van der Waals surface area contributed by atoms with E-state index in [1.807, 2.05) is 24.3 Å². The topological polar surface area (TPSA) is 34.1 Å². The van der Waals surface area contributed by atoms with Crippen LogP contribution < -0.4 is 0 Å². The van der Waals surface area contributed by atoms with Gasteiger partial charge in [-0.2, -0.15) is 0 Å². The summed E-state index contributed by atoms with van der Waals surface area (Å²) >= 11 is 0. The van der Waals surface area contributed by atoms with Crippen LogP contribution in [0.25, 0.3) is 11.1 Å². The van der Waals surface area contributed by atoms with E-state index in [0.29, 0.717) is 22.3 Å². The number of rotatable bonds is 1. The van der Waals surface area contributed by atoms with Crippen molar-refractivity contribution >= 4 is 11.6 Å². The summed E-state index contributed by atoms with van der Waals surface area (Å²) < 4.78 is 0. The minimum atomic E-state index is -0.0765. The van der Waals surface area contributed by atoms with Crippen LogP contribution in [0.5, 0.6) is 0 Å². The molecule has 0 aliphatic heterocycles. The van der Waals surface area contributed by atoms with Crippen molar-refractivity contribution in [2.75, 3.05) is 0 Å². The quantitative estimate of drug-likeness (QED) is 0.508. The van der Waals surface area contributed by atoms with Crippen LogP contribution in [0.4, 0.5) is 0 Å². The standard InChI is InChI=1S/C22H16O2/c1-13-6-5-9-16(14(13)2)15-10-11-19-20(12-15)22(24)18-8-4-3-7-17(18)21(19)23/h3-12H,1-2H3. The third kappa shape index (κ3) is 2.04. The third-order valence-electron chi connectivity index (χ3n) is 4.84. The molecule has 1 aliphatic rings. The SMILES string of the molecule is Cc1cccc(-c2ccc3c(c2)C(=O)c2ccccc2C3=O)c1C. The molecule has 0 aromatic heterocycles. The molecular formula is C22H16O2. The van der Waals surface area contributed by atoms with E-state index in [9.17, 15) is 9.59 Å². The number of hydrogen-bond acceptors (Lipinski definition) is 2. The molecular weight excluding hydrogens is 296 g/mol. The van der Waals surface area contributed by atoms with Crippen molar-refractivity contribution in [3.8, 4) is 11.1 Å². The van der Waals surface area contributed by atoms with Crippen LogP contribution in [-0.2, 0) is 0 Å². The first-order valence-corrected chi connectivity index (χ1v) is 7.97. The minimum Gasteiger partial charge on any atom is -0.289 e. The van der Waals surface area contributed by atoms with Gasteiger partial charge in [0.05, 0.1) is 0 Å². The van der Waals surface area contributed by atoms with Gasteiger partial charge in [-0.1, -0.05) is 48.5 Å². The van der Waals surface area contributed by atoms with Crippen LogP contribution in [-0.4, -0.2) is 11.6 Å². The first kappa shape index (κ1) is 14.6. The van der Waals surface area contributed by atoms with E-state index < -0.39 is 0 Å². The summed E-state index contributed by atoms with van der Waals surface area (Å²) in [6.07, 6.45) is 0. The Balaban J connectivity index is 1.92. The van der Waals surface area contributed by atoms with Gasteiger partial charge in [-0.25, -0.2) is 0 Å². The summed E-state index contributed by atoms with van der Waals surface area (Å²) in [5.41, 5.74) is 6.44. The fourth-order valence-corrected chi connectivity index (χ4v) is 3.33. The van der Waals surface area contributed by atoms with Crippen molar-refractivity contribution in [2.24, 2.45) is 0 Å². The van der Waals surface area contributed by atoms with E-state index in [0.717, 1.165) is 11.1 Å². The molecule has 0 unspecified atom stereocenters. The van der Waals surface area contributed by atoms with Crippen molar-refractivity contribution in [3.05, 3.63) is 94.0 Å². The van der Waals surface area contributed by atoms with E-state index in [1.165, 1.54) is 11.1 Å². The van der Waals surface area contributed by atoms with E-state index in [1.54, 1.807) is 30.3 Å². The summed E-state index contributed by atoms with van der Waals surface area (Å²) in [7, 11) is 0. The lowest BCUT2D eigenvalue weighted by atomic mass is 9.82. The fraction of sp³-hybridized carbons (Fsp3) is 0.0909. The Labute approximate surface area is 140 Å². The lowest BCUT2D eigenvalue weighted by Gasteiger charge is -2.18. The highest BCUT2D eigenvalue weighted by Crippen LogP contribution is 2.32. The van der Waals surface area contributed by atoms with Crippen LogP contribution >= 0.6 is 0 Å². The molecule has 1 aliphatic carbocycles. The average molecular weight is 312 g/mol. The molecule has 116 valence electrons. The number of ketones is 2. The van der Waals surface area contributed by atoms with Crippen molar-refractivity contribution in [1.82, 2.24) is 0 Å². The van der Waals surface area contributed by atoms with Crippen molar-refractivity contribution < 1.29 is 9.59 Å². The number of hydrogen-bond donors (Lipinski definition) is 0. The molecule has 0 spiro atoms. The van der Waals surface area contributed by atoms with Gasteiger partial charge in [0.15, 0.2) is 11.6 Å². The van der Waals surface area contributed by atoms with Gasteiger partial charge in [-0.15, -0.1) is 0 Å². The highest BCUT2D eigenvalue weighted by molar-refractivity contribution is 6.28. The lowest BCUT2D eigenvalue weighted by molar-refractivity contribution is 0.0979. The Hall–Kier alpha value is -3.00. The van der Waals surface area contributed by atoms with Gasteiger partial charge in [0.2, 0.25) is 0 Å². The zero-order valence-electron chi connectivity index (χ0n) is 13.6. The third-order valence-corrected chi connectivity index (χ3v) is 4.84. The molecule has 4 rings (SSSR count). The molecule has 0 saturated carbocycles. The Kier molecular flexibility index (Phi) is 3.20. The second-order valence-corrected chi connectivity index (χ2v) is 6.21. The zero-order valence-corrected chi connectivity index (χ0v) is 13.6. The molecule has 0 radical (unpaired) electrons. The van der Waals surface area contributed by atoms with Gasteiger partial charge in [0.25, 0.3) is 0 Å². The molecule has 0 N–H and O–H groups in total. The maximum Gasteiger partial charge on any atom is 0.194 e. The molecule has 3 aromatic rings.